The molecule has 318 valence electrons. The average molecular weight is 867 g/mol. The minimum atomic E-state index is -0.526. The topological polar surface area (TPSA) is 21.3 Å². The van der Waals surface area contributed by atoms with Gasteiger partial charge in [-0.2, -0.15) is 0 Å². The van der Waals surface area contributed by atoms with Gasteiger partial charge in [0.1, 0.15) is 11.2 Å². The summed E-state index contributed by atoms with van der Waals surface area (Å²) in [6.45, 7) is 0. The molecule has 0 radical (unpaired) electrons. The molecule has 2 heterocycles. The Labute approximate surface area is 394 Å². The Hall–Kier alpha value is -8.92. The van der Waals surface area contributed by atoms with Gasteiger partial charge in [0.05, 0.1) is 16.4 Å². The Bertz CT molecular complexity index is 4030. The summed E-state index contributed by atoms with van der Waals surface area (Å²) >= 11 is 0. The molecule has 13 aromatic rings. The molecule has 0 N–H and O–H groups in total. The number of furan rings is 1. The Morgan fingerprint density at radius 1 is 0.338 bits per heavy atom. The molecule has 0 aliphatic heterocycles. The van der Waals surface area contributed by atoms with Crippen LogP contribution in [0.1, 0.15) is 22.3 Å². The third-order valence-electron chi connectivity index (χ3n) is 14.4. The number of benzene rings is 11. The van der Waals surface area contributed by atoms with Gasteiger partial charge in [0.25, 0.3) is 0 Å². The van der Waals surface area contributed by atoms with Gasteiger partial charge >= 0.3 is 0 Å². The maximum atomic E-state index is 6.54. The van der Waals surface area contributed by atoms with Gasteiger partial charge in [-0.3, -0.25) is 0 Å². The summed E-state index contributed by atoms with van der Waals surface area (Å²) < 4.78 is 8.97. The summed E-state index contributed by atoms with van der Waals surface area (Å²) in [5.41, 5.74) is 17.9. The third kappa shape index (κ3) is 5.72. The van der Waals surface area contributed by atoms with E-state index < -0.39 is 5.41 Å². The van der Waals surface area contributed by atoms with Crippen molar-refractivity contribution in [1.82, 2.24) is 4.57 Å². The van der Waals surface area contributed by atoms with E-state index in [0.717, 1.165) is 55.7 Å². The van der Waals surface area contributed by atoms with Crippen LogP contribution in [0, 0.1) is 0 Å². The molecule has 1 aliphatic carbocycles. The summed E-state index contributed by atoms with van der Waals surface area (Å²) in [7, 11) is 0. The maximum absolute atomic E-state index is 6.54. The predicted octanol–water partition coefficient (Wildman–Crippen LogP) is 17.3. The van der Waals surface area contributed by atoms with Gasteiger partial charge in [-0.1, -0.05) is 170 Å². The van der Waals surface area contributed by atoms with Crippen LogP contribution in [0.3, 0.4) is 0 Å². The molecular weight excluding hydrogens is 825 g/mol. The monoisotopic (exact) mass is 866 g/mol. The first-order valence-corrected chi connectivity index (χ1v) is 23.4. The van der Waals surface area contributed by atoms with Crippen LogP contribution >= 0.6 is 0 Å². The first-order valence-electron chi connectivity index (χ1n) is 23.4. The Morgan fingerprint density at radius 2 is 0.853 bits per heavy atom. The third-order valence-corrected chi connectivity index (χ3v) is 14.4. The zero-order valence-electron chi connectivity index (χ0n) is 37.1. The Kier molecular flexibility index (Phi) is 8.50. The number of anilines is 3. The second kappa shape index (κ2) is 15.1. The minimum absolute atomic E-state index is 0.526. The standard InChI is InChI=1S/C65H42N2O/c1-4-16-43(17-5-1)44-28-31-50(32-29-44)66(52-34-37-63-58(42-52)57-38-45-18-10-11-19-46(45)39-64(57)68-63)51-33-36-62-56(41-51)55-40-48(30-35-61(55)67(62)49-22-8-3-9-23-49)65(47-20-6-2-7-21-47)59-26-14-12-24-53(59)54-25-13-15-27-60(54)65/h1-42H. The van der Waals surface area contributed by atoms with E-state index in [1.807, 2.05) is 0 Å². The minimum Gasteiger partial charge on any atom is -0.456 e. The highest BCUT2D eigenvalue weighted by molar-refractivity contribution is 6.13. The predicted molar refractivity (Wildman–Crippen MR) is 283 cm³/mol. The first kappa shape index (κ1) is 38.4. The fourth-order valence-corrected chi connectivity index (χ4v) is 11.4. The molecule has 0 atom stereocenters. The normalized spacial score (nSPS) is 12.8. The molecule has 2 aromatic heterocycles. The van der Waals surface area contributed by atoms with E-state index in [-0.39, 0.29) is 0 Å². The van der Waals surface area contributed by atoms with Crippen LogP contribution in [0.4, 0.5) is 17.1 Å². The summed E-state index contributed by atoms with van der Waals surface area (Å²) in [5, 5.41) is 6.93. The van der Waals surface area contributed by atoms with E-state index >= 15 is 0 Å². The van der Waals surface area contributed by atoms with E-state index in [9.17, 15) is 0 Å². The average Bonchev–Trinajstić information content (AvgIpc) is 4.04. The lowest BCUT2D eigenvalue weighted by Gasteiger charge is -2.34. The van der Waals surface area contributed by atoms with Crippen molar-refractivity contribution in [3.05, 3.63) is 277 Å². The molecule has 0 amide bonds. The molecule has 3 heteroatoms. The number of hydrogen-bond donors (Lipinski definition) is 0. The number of para-hydroxylation sites is 1. The van der Waals surface area contributed by atoms with Gasteiger partial charge in [-0.25, -0.2) is 0 Å². The Morgan fingerprint density at radius 3 is 1.56 bits per heavy atom. The summed E-state index contributed by atoms with van der Waals surface area (Å²) in [5.74, 6) is 0. The van der Waals surface area contributed by atoms with Crippen LogP contribution in [0.15, 0.2) is 259 Å². The van der Waals surface area contributed by atoms with E-state index in [4.69, 9.17) is 4.42 Å². The molecule has 0 bridgehead atoms. The second-order valence-electron chi connectivity index (χ2n) is 18.0. The van der Waals surface area contributed by atoms with Crippen LogP contribution < -0.4 is 4.90 Å². The molecular formula is C65H42N2O. The van der Waals surface area contributed by atoms with Gasteiger partial charge in [-0.05, 0) is 140 Å². The summed E-state index contributed by atoms with van der Waals surface area (Å²) in [4.78, 5) is 2.40. The smallest absolute Gasteiger partial charge is 0.136 e. The number of nitrogens with zero attached hydrogens (tertiary/aromatic N) is 2. The molecule has 68 heavy (non-hydrogen) atoms. The summed E-state index contributed by atoms with van der Waals surface area (Å²) in [6.07, 6.45) is 0. The maximum Gasteiger partial charge on any atom is 0.136 e. The van der Waals surface area contributed by atoms with Crippen molar-refractivity contribution >= 4 is 71.6 Å². The zero-order chi connectivity index (χ0) is 44.8. The molecule has 11 aromatic carbocycles. The highest BCUT2D eigenvalue weighted by Gasteiger charge is 2.46. The molecule has 0 fully saturated rings. The van der Waals surface area contributed by atoms with Crippen LogP contribution in [0.2, 0.25) is 0 Å². The van der Waals surface area contributed by atoms with E-state index in [1.165, 1.54) is 66.1 Å². The van der Waals surface area contributed by atoms with Crippen molar-refractivity contribution in [1.29, 1.82) is 0 Å². The van der Waals surface area contributed by atoms with E-state index in [1.54, 1.807) is 0 Å². The van der Waals surface area contributed by atoms with Gasteiger partial charge in [0.2, 0.25) is 0 Å². The molecule has 0 unspecified atom stereocenters. The molecule has 14 rings (SSSR count). The second-order valence-corrected chi connectivity index (χ2v) is 18.0. The quantitative estimate of drug-likeness (QED) is 0.159. The molecule has 0 saturated heterocycles. The van der Waals surface area contributed by atoms with Crippen molar-refractivity contribution in [2.45, 2.75) is 5.41 Å². The van der Waals surface area contributed by atoms with Crippen LogP contribution in [0.25, 0.3) is 82.5 Å². The van der Waals surface area contributed by atoms with Crippen LogP contribution in [0.5, 0.6) is 0 Å². The fourth-order valence-electron chi connectivity index (χ4n) is 11.4. The van der Waals surface area contributed by atoms with Crippen molar-refractivity contribution in [3.8, 4) is 27.9 Å². The SMILES string of the molecule is c1ccc(-c2ccc(N(c3ccc4oc5cc6ccccc6cc5c4c3)c3ccc4c(c3)c3cc(C5(c6ccccc6)c6ccccc6-c6ccccc65)ccc3n4-c3ccccc3)cc2)cc1. The van der Waals surface area contributed by atoms with Gasteiger partial charge < -0.3 is 13.9 Å². The van der Waals surface area contributed by atoms with Gasteiger partial charge in [-0.15, -0.1) is 0 Å². The highest BCUT2D eigenvalue weighted by Crippen LogP contribution is 2.56. The molecule has 3 nitrogen and oxygen atoms in total. The van der Waals surface area contributed by atoms with Crippen LogP contribution in [-0.2, 0) is 5.41 Å². The van der Waals surface area contributed by atoms with E-state index in [2.05, 4.69) is 264 Å². The number of hydrogen-bond acceptors (Lipinski definition) is 2. The van der Waals surface area contributed by atoms with Crippen molar-refractivity contribution in [3.63, 3.8) is 0 Å². The highest BCUT2D eigenvalue weighted by atomic mass is 16.3. The van der Waals surface area contributed by atoms with Crippen molar-refractivity contribution in [2.24, 2.45) is 0 Å². The van der Waals surface area contributed by atoms with Gasteiger partial charge in [0.15, 0.2) is 0 Å². The fraction of sp³-hybridized carbons (Fsp3) is 0.0154. The molecule has 0 spiro atoms. The first-order chi connectivity index (χ1) is 33.7. The lowest BCUT2D eigenvalue weighted by atomic mass is 9.67. The summed E-state index contributed by atoms with van der Waals surface area (Å²) in [6, 6.07) is 93.2. The number of aromatic nitrogens is 1. The number of rotatable bonds is 7. The van der Waals surface area contributed by atoms with Crippen molar-refractivity contribution < 1.29 is 4.42 Å². The number of fused-ring (bicyclic) bond motifs is 10. The largest absolute Gasteiger partial charge is 0.456 e. The lowest BCUT2D eigenvalue weighted by molar-refractivity contribution is 0.669. The molecule has 1 aliphatic rings. The van der Waals surface area contributed by atoms with Gasteiger partial charge in [0, 0.05) is 44.3 Å². The van der Waals surface area contributed by atoms with Crippen molar-refractivity contribution in [2.75, 3.05) is 4.90 Å². The van der Waals surface area contributed by atoms with E-state index in [0.29, 0.717) is 0 Å². The molecule has 0 saturated carbocycles. The van der Waals surface area contributed by atoms with Crippen LogP contribution in [-0.4, -0.2) is 4.57 Å². The Balaban J connectivity index is 1.03. The zero-order valence-corrected chi connectivity index (χ0v) is 37.1. The lowest BCUT2D eigenvalue weighted by Crippen LogP contribution is -2.28.